The van der Waals surface area contributed by atoms with Gasteiger partial charge in [-0.2, -0.15) is 0 Å². The zero-order valence-corrected chi connectivity index (χ0v) is 17.8. The monoisotopic (exact) mass is 428 g/mol. The van der Waals surface area contributed by atoms with E-state index >= 15 is 0 Å². The fourth-order valence-corrected chi connectivity index (χ4v) is 3.78. The molecule has 5 rings (SSSR count). The Hall–Kier alpha value is -4.34. The van der Waals surface area contributed by atoms with Crippen LogP contribution in [0.4, 0.5) is 5.95 Å². The number of nitrogens with zero attached hydrogens (tertiary/aromatic N) is 7. The summed E-state index contributed by atoms with van der Waals surface area (Å²) >= 11 is 0. The van der Waals surface area contributed by atoms with Crippen LogP contribution in [0.25, 0.3) is 28.0 Å². The average Bonchev–Trinajstić information content (AvgIpc) is 3.31. The number of fused-ring (bicyclic) bond motifs is 1. The summed E-state index contributed by atoms with van der Waals surface area (Å²) in [5.74, 6) is 0.732. The van der Waals surface area contributed by atoms with E-state index in [0.29, 0.717) is 22.8 Å². The van der Waals surface area contributed by atoms with E-state index in [1.807, 2.05) is 56.3 Å². The standard InChI is InChI=1S/C22H20N8O2/c1-12-9-16(10-13(2)24-12)18-19(15-7-5-4-6-8-15)25-21(23)30-20(18)28-29(22(30)31)11-17-27-26-14(3)32-17/h4-10H,11H2,1-3H3,(H2,23,25). The van der Waals surface area contributed by atoms with Gasteiger partial charge in [0, 0.05) is 23.9 Å². The number of aryl methyl sites for hydroxylation is 3. The summed E-state index contributed by atoms with van der Waals surface area (Å²) in [5, 5.41) is 12.4. The lowest BCUT2D eigenvalue weighted by atomic mass is 9.99. The first-order valence-electron chi connectivity index (χ1n) is 10.00. The van der Waals surface area contributed by atoms with Crippen LogP contribution in [0.2, 0.25) is 0 Å². The van der Waals surface area contributed by atoms with Crippen LogP contribution in [0.1, 0.15) is 23.2 Å². The molecule has 0 aliphatic carbocycles. The first kappa shape index (κ1) is 19.6. The summed E-state index contributed by atoms with van der Waals surface area (Å²) in [6.45, 7) is 5.55. The number of hydrogen-bond donors (Lipinski definition) is 1. The minimum atomic E-state index is -0.441. The Kier molecular flexibility index (Phi) is 4.54. The number of pyridine rings is 1. The van der Waals surface area contributed by atoms with Crippen LogP contribution in [-0.4, -0.2) is 34.3 Å². The molecule has 0 aliphatic rings. The predicted molar refractivity (Wildman–Crippen MR) is 118 cm³/mol. The normalized spacial score (nSPS) is 11.3. The van der Waals surface area contributed by atoms with E-state index in [9.17, 15) is 4.79 Å². The highest BCUT2D eigenvalue weighted by molar-refractivity contribution is 5.90. The number of nitrogens with two attached hydrogens (primary N) is 1. The van der Waals surface area contributed by atoms with Crippen molar-refractivity contribution in [2.45, 2.75) is 27.3 Å². The van der Waals surface area contributed by atoms with Crippen molar-refractivity contribution in [3.63, 3.8) is 0 Å². The molecule has 2 N–H and O–H groups in total. The van der Waals surface area contributed by atoms with E-state index in [-0.39, 0.29) is 18.4 Å². The van der Waals surface area contributed by atoms with Crippen molar-refractivity contribution >= 4 is 11.6 Å². The van der Waals surface area contributed by atoms with Crippen LogP contribution >= 0.6 is 0 Å². The van der Waals surface area contributed by atoms with Crippen molar-refractivity contribution < 1.29 is 4.42 Å². The summed E-state index contributed by atoms with van der Waals surface area (Å²) in [5.41, 5.74) is 10.9. The lowest BCUT2D eigenvalue weighted by Gasteiger charge is -2.13. The van der Waals surface area contributed by atoms with Crippen molar-refractivity contribution in [2.24, 2.45) is 0 Å². The van der Waals surface area contributed by atoms with Crippen LogP contribution in [-0.2, 0) is 6.54 Å². The molecule has 0 atom stereocenters. The second-order valence-electron chi connectivity index (χ2n) is 7.51. The van der Waals surface area contributed by atoms with E-state index in [2.05, 4.69) is 25.3 Å². The maximum Gasteiger partial charge on any atom is 0.353 e. The minimum absolute atomic E-state index is 0.0231. The smallest absolute Gasteiger partial charge is 0.353 e. The van der Waals surface area contributed by atoms with E-state index < -0.39 is 5.69 Å². The Morgan fingerprint density at radius 3 is 2.34 bits per heavy atom. The molecule has 0 unspecified atom stereocenters. The van der Waals surface area contributed by atoms with Gasteiger partial charge in [0.1, 0.15) is 6.54 Å². The zero-order chi connectivity index (χ0) is 22.4. The van der Waals surface area contributed by atoms with Gasteiger partial charge in [-0.1, -0.05) is 30.3 Å². The fourth-order valence-electron chi connectivity index (χ4n) is 3.78. The SMILES string of the molecule is Cc1cc(-c2c(-c3ccccc3)nc(N)n3c(=O)n(Cc4nnc(C)o4)nc23)cc(C)n1. The summed E-state index contributed by atoms with van der Waals surface area (Å²) in [7, 11) is 0. The van der Waals surface area contributed by atoms with E-state index in [4.69, 9.17) is 10.2 Å². The maximum absolute atomic E-state index is 13.2. The Morgan fingerprint density at radius 1 is 0.969 bits per heavy atom. The molecule has 1 aromatic carbocycles. The summed E-state index contributed by atoms with van der Waals surface area (Å²) in [6, 6.07) is 13.5. The molecular formula is C22H20N8O2. The fraction of sp³-hybridized carbons (Fsp3) is 0.182. The van der Waals surface area contributed by atoms with Crippen molar-refractivity contribution in [2.75, 3.05) is 5.73 Å². The van der Waals surface area contributed by atoms with Gasteiger partial charge in [0.2, 0.25) is 17.7 Å². The average molecular weight is 428 g/mol. The van der Waals surface area contributed by atoms with Gasteiger partial charge in [-0.25, -0.2) is 18.9 Å². The van der Waals surface area contributed by atoms with Gasteiger partial charge in [0.25, 0.3) is 0 Å². The van der Waals surface area contributed by atoms with Crippen LogP contribution in [0.15, 0.2) is 51.7 Å². The zero-order valence-electron chi connectivity index (χ0n) is 17.8. The molecule has 5 aromatic rings. The van der Waals surface area contributed by atoms with Crippen LogP contribution in [0, 0.1) is 20.8 Å². The maximum atomic E-state index is 13.2. The molecule has 0 radical (unpaired) electrons. The Balaban J connectivity index is 1.83. The molecule has 32 heavy (non-hydrogen) atoms. The number of benzene rings is 1. The molecule has 4 heterocycles. The van der Waals surface area contributed by atoms with Gasteiger partial charge in [0.15, 0.2) is 5.65 Å². The topological polar surface area (TPSA) is 130 Å². The summed E-state index contributed by atoms with van der Waals surface area (Å²) in [6.07, 6.45) is 0. The van der Waals surface area contributed by atoms with Gasteiger partial charge >= 0.3 is 5.69 Å². The van der Waals surface area contributed by atoms with E-state index in [1.165, 1.54) is 9.08 Å². The minimum Gasteiger partial charge on any atom is -0.424 e. The third-order valence-corrected chi connectivity index (χ3v) is 5.03. The molecule has 0 amide bonds. The molecule has 0 fully saturated rings. The molecule has 160 valence electrons. The molecule has 0 bridgehead atoms. The van der Waals surface area contributed by atoms with Gasteiger partial charge < -0.3 is 10.2 Å². The van der Waals surface area contributed by atoms with Crippen LogP contribution < -0.4 is 11.4 Å². The molecular weight excluding hydrogens is 408 g/mol. The second kappa shape index (κ2) is 7.41. The van der Waals surface area contributed by atoms with E-state index in [0.717, 1.165) is 22.5 Å². The van der Waals surface area contributed by atoms with Crippen molar-refractivity contribution in [3.05, 3.63) is 76.1 Å². The summed E-state index contributed by atoms with van der Waals surface area (Å²) < 4.78 is 7.97. The lowest BCUT2D eigenvalue weighted by molar-refractivity contribution is 0.440. The molecule has 0 aliphatic heterocycles. The molecule has 0 spiro atoms. The highest BCUT2D eigenvalue weighted by Crippen LogP contribution is 2.34. The highest BCUT2D eigenvalue weighted by atomic mass is 16.4. The van der Waals surface area contributed by atoms with Gasteiger partial charge in [-0.15, -0.1) is 15.3 Å². The highest BCUT2D eigenvalue weighted by Gasteiger charge is 2.22. The number of hydrogen-bond acceptors (Lipinski definition) is 8. The quantitative estimate of drug-likeness (QED) is 0.462. The van der Waals surface area contributed by atoms with Crippen LogP contribution in [0.5, 0.6) is 0 Å². The third kappa shape index (κ3) is 3.31. The largest absolute Gasteiger partial charge is 0.424 e. The third-order valence-electron chi connectivity index (χ3n) is 5.03. The molecule has 4 aromatic heterocycles. The van der Waals surface area contributed by atoms with Crippen molar-refractivity contribution in [3.8, 4) is 22.4 Å². The van der Waals surface area contributed by atoms with Crippen molar-refractivity contribution in [1.82, 2.24) is 34.3 Å². The molecule has 10 heteroatoms. The Bertz CT molecular complexity index is 1490. The predicted octanol–water partition coefficient (Wildman–Crippen LogP) is 2.56. The van der Waals surface area contributed by atoms with Crippen molar-refractivity contribution in [1.29, 1.82) is 0 Å². The van der Waals surface area contributed by atoms with Crippen LogP contribution in [0.3, 0.4) is 0 Å². The Morgan fingerprint density at radius 2 is 1.69 bits per heavy atom. The summed E-state index contributed by atoms with van der Waals surface area (Å²) in [4.78, 5) is 22.2. The van der Waals surface area contributed by atoms with Gasteiger partial charge in [0.05, 0.1) is 11.3 Å². The van der Waals surface area contributed by atoms with Gasteiger partial charge in [-0.05, 0) is 31.5 Å². The lowest BCUT2D eigenvalue weighted by Crippen LogP contribution is -2.23. The molecule has 0 saturated carbocycles. The number of rotatable bonds is 4. The number of nitrogen functional groups attached to an aromatic ring is 1. The van der Waals surface area contributed by atoms with Gasteiger partial charge in [-0.3, -0.25) is 4.98 Å². The first-order valence-corrected chi connectivity index (χ1v) is 10.00. The number of anilines is 1. The molecule has 0 saturated heterocycles. The number of aromatic nitrogens is 7. The second-order valence-corrected chi connectivity index (χ2v) is 7.51. The Labute approximate surface area is 182 Å². The molecule has 10 nitrogen and oxygen atoms in total. The first-order chi connectivity index (χ1) is 15.4. The van der Waals surface area contributed by atoms with E-state index in [1.54, 1.807) is 6.92 Å².